The number of amides is 1. The molecule has 128 valence electrons. The first-order valence-corrected chi connectivity index (χ1v) is 8.42. The van der Waals surface area contributed by atoms with E-state index in [4.69, 9.17) is 9.47 Å². The smallest absolute Gasteiger partial charge is 0.272 e. The van der Waals surface area contributed by atoms with Crippen LogP contribution < -0.4 is 14.8 Å². The summed E-state index contributed by atoms with van der Waals surface area (Å²) in [6.07, 6.45) is 0.851. The van der Waals surface area contributed by atoms with Crippen molar-refractivity contribution in [1.82, 2.24) is 4.98 Å². The van der Waals surface area contributed by atoms with Gasteiger partial charge in [-0.15, -0.1) is 0 Å². The average Bonchev–Trinajstić information content (AvgIpc) is 2.91. The number of aromatic amines is 1. The zero-order chi connectivity index (χ0) is 17.4. The van der Waals surface area contributed by atoms with Gasteiger partial charge in [0.05, 0.1) is 13.2 Å². The molecule has 25 heavy (non-hydrogen) atoms. The van der Waals surface area contributed by atoms with Crippen molar-refractivity contribution >= 4 is 22.5 Å². The zero-order valence-corrected chi connectivity index (χ0v) is 14.3. The van der Waals surface area contributed by atoms with E-state index in [1.807, 2.05) is 24.3 Å². The van der Waals surface area contributed by atoms with E-state index in [-0.39, 0.29) is 5.91 Å². The second-order valence-electron chi connectivity index (χ2n) is 6.32. The number of carbonyl (C=O) groups excluding carboxylic acids is 1. The van der Waals surface area contributed by atoms with Crippen molar-refractivity contribution in [3.8, 4) is 11.5 Å². The van der Waals surface area contributed by atoms with Gasteiger partial charge in [0, 0.05) is 29.1 Å². The molecule has 3 aromatic rings. The van der Waals surface area contributed by atoms with Gasteiger partial charge in [-0.2, -0.15) is 0 Å². The molecule has 0 radical (unpaired) electrons. The Morgan fingerprint density at radius 1 is 1.04 bits per heavy atom. The topological polar surface area (TPSA) is 63.4 Å². The molecule has 5 nitrogen and oxygen atoms in total. The molecule has 0 fully saturated rings. The number of hydrogen-bond acceptors (Lipinski definition) is 3. The maximum absolute atomic E-state index is 12.6. The summed E-state index contributed by atoms with van der Waals surface area (Å²) in [5, 5.41) is 3.99. The minimum absolute atomic E-state index is 0.178. The Labute approximate surface area is 146 Å². The van der Waals surface area contributed by atoms with E-state index in [0.717, 1.165) is 17.3 Å². The standard InChI is InChI=1S/C20H20N2O3/c1-12-4-6-16-15(13(12)2)11-17(22-16)20(23)21-14-5-7-18-19(10-14)25-9-3-8-24-18/h4-7,10-11,22H,3,8-9H2,1-2H3,(H,21,23). The fraction of sp³-hybridized carbons (Fsp3) is 0.250. The minimum Gasteiger partial charge on any atom is -0.490 e. The molecular weight excluding hydrogens is 316 g/mol. The van der Waals surface area contributed by atoms with Crippen molar-refractivity contribution in [1.29, 1.82) is 0 Å². The van der Waals surface area contributed by atoms with Gasteiger partial charge in [0.1, 0.15) is 5.69 Å². The van der Waals surface area contributed by atoms with Crippen LogP contribution in [-0.4, -0.2) is 24.1 Å². The van der Waals surface area contributed by atoms with Crippen LogP contribution in [0.4, 0.5) is 5.69 Å². The summed E-state index contributed by atoms with van der Waals surface area (Å²) < 4.78 is 11.3. The van der Waals surface area contributed by atoms with Crippen LogP contribution in [0.3, 0.4) is 0 Å². The summed E-state index contributed by atoms with van der Waals surface area (Å²) >= 11 is 0. The number of aryl methyl sites for hydroxylation is 2. The van der Waals surface area contributed by atoms with E-state index in [1.54, 1.807) is 6.07 Å². The Balaban J connectivity index is 1.60. The first-order chi connectivity index (χ1) is 12.1. The average molecular weight is 336 g/mol. The fourth-order valence-corrected chi connectivity index (χ4v) is 3.02. The lowest BCUT2D eigenvalue weighted by atomic mass is 10.1. The minimum atomic E-state index is -0.178. The highest BCUT2D eigenvalue weighted by atomic mass is 16.5. The van der Waals surface area contributed by atoms with Crippen LogP contribution in [0.15, 0.2) is 36.4 Å². The van der Waals surface area contributed by atoms with Crippen molar-refractivity contribution < 1.29 is 14.3 Å². The molecule has 1 aromatic heterocycles. The first kappa shape index (κ1) is 15.6. The summed E-state index contributed by atoms with van der Waals surface area (Å²) in [6.45, 7) is 5.40. The van der Waals surface area contributed by atoms with Crippen LogP contribution in [0, 0.1) is 13.8 Å². The number of H-pyrrole nitrogens is 1. The highest BCUT2D eigenvalue weighted by Gasteiger charge is 2.14. The number of rotatable bonds is 2. The van der Waals surface area contributed by atoms with E-state index >= 15 is 0 Å². The van der Waals surface area contributed by atoms with E-state index < -0.39 is 0 Å². The molecule has 4 rings (SSSR count). The lowest BCUT2D eigenvalue weighted by molar-refractivity contribution is 0.102. The quantitative estimate of drug-likeness (QED) is 0.737. The Morgan fingerprint density at radius 2 is 1.84 bits per heavy atom. The number of fused-ring (bicyclic) bond motifs is 2. The van der Waals surface area contributed by atoms with Gasteiger partial charge in [0.25, 0.3) is 5.91 Å². The lowest BCUT2D eigenvalue weighted by Gasteiger charge is -2.10. The molecule has 1 amide bonds. The summed E-state index contributed by atoms with van der Waals surface area (Å²) in [5.41, 5.74) is 4.58. The molecule has 1 aliphatic rings. The molecule has 5 heteroatoms. The second kappa shape index (κ2) is 6.16. The molecular formula is C20H20N2O3. The van der Waals surface area contributed by atoms with Gasteiger partial charge in [-0.05, 0) is 49.2 Å². The predicted molar refractivity (Wildman–Crippen MR) is 97.8 cm³/mol. The Hall–Kier alpha value is -2.95. The van der Waals surface area contributed by atoms with Crippen molar-refractivity contribution in [3.63, 3.8) is 0 Å². The number of aromatic nitrogens is 1. The zero-order valence-electron chi connectivity index (χ0n) is 14.3. The largest absolute Gasteiger partial charge is 0.490 e. The fourth-order valence-electron chi connectivity index (χ4n) is 3.02. The number of carbonyl (C=O) groups is 1. The Bertz CT molecular complexity index is 959. The van der Waals surface area contributed by atoms with Crippen molar-refractivity contribution in [2.45, 2.75) is 20.3 Å². The van der Waals surface area contributed by atoms with Crippen molar-refractivity contribution in [2.24, 2.45) is 0 Å². The predicted octanol–water partition coefficient (Wildman–Crippen LogP) is 4.20. The molecule has 0 bridgehead atoms. The Morgan fingerprint density at radius 3 is 2.68 bits per heavy atom. The molecule has 0 unspecified atom stereocenters. The third-order valence-electron chi connectivity index (χ3n) is 4.59. The second-order valence-corrected chi connectivity index (χ2v) is 6.32. The Kier molecular flexibility index (Phi) is 3.84. The molecule has 0 spiro atoms. The summed E-state index contributed by atoms with van der Waals surface area (Å²) in [4.78, 5) is 15.8. The van der Waals surface area contributed by atoms with Gasteiger partial charge < -0.3 is 19.8 Å². The summed E-state index contributed by atoms with van der Waals surface area (Å²) in [7, 11) is 0. The maximum Gasteiger partial charge on any atom is 0.272 e. The maximum atomic E-state index is 12.6. The van der Waals surface area contributed by atoms with Crippen LogP contribution in [0.25, 0.3) is 10.9 Å². The van der Waals surface area contributed by atoms with Gasteiger partial charge >= 0.3 is 0 Å². The van der Waals surface area contributed by atoms with Crippen LogP contribution in [0.1, 0.15) is 28.0 Å². The molecule has 2 aromatic carbocycles. The van der Waals surface area contributed by atoms with Crippen LogP contribution >= 0.6 is 0 Å². The van der Waals surface area contributed by atoms with E-state index in [0.29, 0.717) is 36.1 Å². The highest BCUT2D eigenvalue weighted by Crippen LogP contribution is 2.32. The number of benzene rings is 2. The SMILES string of the molecule is Cc1ccc2[nH]c(C(=O)Nc3ccc4c(c3)OCCCO4)cc2c1C. The monoisotopic (exact) mass is 336 g/mol. The van der Waals surface area contributed by atoms with Crippen LogP contribution in [-0.2, 0) is 0 Å². The third-order valence-corrected chi connectivity index (χ3v) is 4.59. The van der Waals surface area contributed by atoms with Crippen LogP contribution in [0.2, 0.25) is 0 Å². The number of hydrogen-bond donors (Lipinski definition) is 2. The molecule has 2 N–H and O–H groups in total. The van der Waals surface area contributed by atoms with Gasteiger partial charge in [0.15, 0.2) is 11.5 Å². The highest BCUT2D eigenvalue weighted by molar-refractivity contribution is 6.06. The third kappa shape index (κ3) is 2.93. The number of anilines is 1. The van der Waals surface area contributed by atoms with Gasteiger partial charge in [-0.1, -0.05) is 6.07 Å². The molecule has 2 heterocycles. The van der Waals surface area contributed by atoms with Gasteiger partial charge in [-0.25, -0.2) is 0 Å². The van der Waals surface area contributed by atoms with E-state index in [1.165, 1.54) is 11.1 Å². The molecule has 0 saturated heterocycles. The summed E-state index contributed by atoms with van der Waals surface area (Å²) in [5.74, 6) is 1.20. The van der Waals surface area contributed by atoms with Crippen molar-refractivity contribution in [2.75, 3.05) is 18.5 Å². The number of nitrogens with one attached hydrogen (secondary N) is 2. The molecule has 0 atom stereocenters. The van der Waals surface area contributed by atoms with Gasteiger partial charge in [-0.3, -0.25) is 4.79 Å². The lowest BCUT2D eigenvalue weighted by Crippen LogP contribution is -2.12. The molecule has 1 aliphatic heterocycles. The summed E-state index contributed by atoms with van der Waals surface area (Å²) in [6, 6.07) is 11.4. The molecule has 0 aliphatic carbocycles. The van der Waals surface area contributed by atoms with E-state index in [2.05, 4.69) is 30.2 Å². The first-order valence-electron chi connectivity index (χ1n) is 8.42. The van der Waals surface area contributed by atoms with E-state index in [9.17, 15) is 4.79 Å². The molecule has 0 saturated carbocycles. The van der Waals surface area contributed by atoms with Crippen molar-refractivity contribution in [3.05, 3.63) is 53.2 Å². The van der Waals surface area contributed by atoms with Gasteiger partial charge in [0.2, 0.25) is 0 Å². The normalized spacial score (nSPS) is 13.5. The number of ether oxygens (including phenoxy) is 2. The van der Waals surface area contributed by atoms with Crippen LogP contribution in [0.5, 0.6) is 11.5 Å².